The first-order valence-corrected chi connectivity index (χ1v) is 7.69. The first-order valence-electron chi connectivity index (χ1n) is 6.90. The van der Waals surface area contributed by atoms with Crippen molar-refractivity contribution in [3.63, 3.8) is 0 Å². The van der Waals surface area contributed by atoms with Gasteiger partial charge in [-0.3, -0.25) is 0 Å². The van der Waals surface area contributed by atoms with Gasteiger partial charge in [0, 0.05) is 27.5 Å². The van der Waals surface area contributed by atoms with Gasteiger partial charge in [-0.25, -0.2) is 4.98 Å². The Labute approximate surface area is 134 Å². The average molecular weight is 349 g/mol. The van der Waals surface area contributed by atoms with Gasteiger partial charge in [0.2, 0.25) is 5.95 Å². The minimum absolute atomic E-state index is 0.0702. The van der Waals surface area contributed by atoms with E-state index in [0.717, 1.165) is 21.7 Å². The predicted molar refractivity (Wildman–Crippen MR) is 92.3 cm³/mol. The minimum atomic E-state index is -0.0702. The van der Waals surface area contributed by atoms with Gasteiger partial charge < -0.3 is 10.6 Å². The molecule has 0 amide bonds. The lowest BCUT2D eigenvalue weighted by molar-refractivity contribution is 0.625. The van der Waals surface area contributed by atoms with Crippen molar-refractivity contribution >= 4 is 33.4 Å². The van der Waals surface area contributed by atoms with Crippen LogP contribution in [0.2, 0.25) is 0 Å². The molecule has 5 heteroatoms. The lowest BCUT2D eigenvalue weighted by Crippen LogP contribution is -2.27. The summed E-state index contributed by atoms with van der Waals surface area (Å²) in [4.78, 5) is 8.94. The number of rotatable bonds is 3. The number of nitrogens with zero attached hydrogens (tertiary/aromatic N) is 2. The Morgan fingerprint density at radius 3 is 2.38 bits per heavy atom. The molecule has 0 saturated heterocycles. The summed E-state index contributed by atoms with van der Waals surface area (Å²) in [6.07, 6.45) is 0. The number of hydrogen-bond donors (Lipinski definition) is 2. The maximum absolute atomic E-state index is 4.52. The Balaban J connectivity index is 2.25. The predicted octanol–water partition coefficient (Wildman–Crippen LogP) is 4.81. The highest BCUT2D eigenvalue weighted by molar-refractivity contribution is 9.10. The molecule has 0 aliphatic heterocycles. The zero-order valence-corrected chi connectivity index (χ0v) is 14.7. The Kier molecular flexibility index (Phi) is 4.52. The maximum atomic E-state index is 4.52. The van der Waals surface area contributed by atoms with Crippen LogP contribution in [-0.2, 0) is 0 Å². The van der Waals surface area contributed by atoms with Gasteiger partial charge in [-0.1, -0.05) is 15.9 Å². The van der Waals surface area contributed by atoms with Crippen LogP contribution >= 0.6 is 15.9 Å². The zero-order chi connectivity index (χ0) is 15.6. The van der Waals surface area contributed by atoms with E-state index in [-0.39, 0.29) is 5.54 Å². The number of anilines is 3. The molecule has 1 heterocycles. The molecule has 0 atom stereocenters. The molecule has 4 nitrogen and oxygen atoms in total. The fourth-order valence-electron chi connectivity index (χ4n) is 1.89. The molecule has 21 heavy (non-hydrogen) atoms. The molecule has 2 aromatic rings. The summed E-state index contributed by atoms with van der Waals surface area (Å²) in [6, 6.07) is 8.06. The van der Waals surface area contributed by atoms with Crippen molar-refractivity contribution in [2.75, 3.05) is 10.6 Å². The molecule has 0 spiro atoms. The molecule has 0 bridgehead atoms. The molecule has 0 aliphatic carbocycles. The number of hydrogen-bond acceptors (Lipinski definition) is 4. The average Bonchev–Trinajstić information content (AvgIpc) is 2.31. The van der Waals surface area contributed by atoms with E-state index >= 15 is 0 Å². The molecular weight excluding hydrogens is 328 g/mol. The van der Waals surface area contributed by atoms with Crippen LogP contribution in [0.3, 0.4) is 0 Å². The Morgan fingerprint density at radius 1 is 1.05 bits per heavy atom. The SMILES string of the molecule is Cc1cc(Nc2ccc(Br)c(C)c2)nc(NC(C)(C)C)n1. The van der Waals surface area contributed by atoms with Crippen LogP contribution in [0.25, 0.3) is 0 Å². The summed E-state index contributed by atoms with van der Waals surface area (Å²) in [5.74, 6) is 1.43. The van der Waals surface area contributed by atoms with Crippen LogP contribution in [-0.4, -0.2) is 15.5 Å². The van der Waals surface area contributed by atoms with E-state index in [1.807, 2.05) is 25.1 Å². The second-order valence-corrected chi connectivity index (χ2v) is 7.04. The van der Waals surface area contributed by atoms with E-state index in [1.54, 1.807) is 0 Å². The van der Waals surface area contributed by atoms with Gasteiger partial charge in [-0.15, -0.1) is 0 Å². The quantitative estimate of drug-likeness (QED) is 0.835. The fourth-order valence-corrected chi connectivity index (χ4v) is 2.14. The molecule has 2 rings (SSSR count). The number of benzene rings is 1. The zero-order valence-electron chi connectivity index (χ0n) is 13.1. The topological polar surface area (TPSA) is 49.8 Å². The minimum Gasteiger partial charge on any atom is -0.350 e. The van der Waals surface area contributed by atoms with E-state index in [2.05, 4.69) is 70.3 Å². The van der Waals surface area contributed by atoms with Crippen molar-refractivity contribution in [2.45, 2.75) is 40.2 Å². The van der Waals surface area contributed by atoms with Crippen molar-refractivity contribution in [3.05, 3.63) is 40.0 Å². The summed E-state index contributed by atoms with van der Waals surface area (Å²) in [7, 11) is 0. The number of aryl methyl sites for hydroxylation is 2. The normalized spacial score (nSPS) is 11.3. The lowest BCUT2D eigenvalue weighted by Gasteiger charge is -2.21. The lowest BCUT2D eigenvalue weighted by atomic mass is 10.1. The van der Waals surface area contributed by atoms with E-state index < -0.39 is 0 Å². The third-order valence-corrected chi connectivity index (χ3v) is 3.66. The summed E-state index contributed by atoms with van der Waals surface area (Å²) < 4.78 is 1.10. The van der Waals surface area contributed by atoms with E-state index in [0.29, 0.717) is 5.95 Å². The summed E-state index contributed by atoms with van der Waals surface area (Å²) >= 11 is 3.51. The Hall–Kier alpha value is -1.62. The molecule has 0 saturated carbocycles. The first kappa shape index (κ1) is 15.8. The molecule has 112 valence electrons. The smallest absolute Gasteiger partial charge is 0.225 e. The molecule has 0 aliphatic rings. The first-order chi connectivity index (χ1) is 9.73. The molecule has 2 N–H and O–H groups in total. The molecular formula is C16H21BrN4. The third-order valence-electron chi connectivity index (χ3n) is 2.77. The van der Waals surface area contributed by atoms with Crippen LogP contribution in [0.1, 0.15) is 32.0 Å². The van der Waals surface area contributed by atoms with Crippen LogP contribution in [0, 0.1) is 13.8 Å². The van der Waals surface area contributed by atoms with E-state index in [1.165, 1.54) is 5.56 Å². The molecule has 0 radical (unpaired) electrons. The molecule has 0 fully saturated rings. The standard InChI is InChI=1S/C16H21BrN4/c1-10-8-12(6-7-13(10)17)19-14-9-11(2)18-15(20-14)21-16(3,4)5/h6-9H,1-5H3,(H2,18,19,20,21). The maximum Gasteiger partial charge on any atom is 0.225 e. The second-order valence-electron chi connectivity index (χ2n) is 6.18. The van der Waals surface area contributed by atoms with Crippen molar-refractivity contribution in [1.29, 1.82) is 0 Å². The van der Waals surface area contributed by atoms with Crippen LogP contribution in [0.15, 0.2) is 28.7 Å². The van der Waals surface area contributed by atoms with Gasteiger partial charge in [0.05, 0.1) is 0 Å². The van der Waals surface area contributed by atoms with Gasteiger partial charge in [-0.05, 0) is 58.4 Å². The van der Waals surface area contributed by atoms with Crippen LogP contribution < -0.4 is 10.6 Å². The number of aromatic nitrogens is 2. The highest BCUT2D eigenvalue weighted by Gasteiger charge is 2.12. The van der Waals surface area contributed by atoms with Gasteiger partial charge in [0.1, 0.15) is 5.82 Å². The van der Waals surface area contributed by atoms with Gasteiger partial charge in [-0.2, -0.15) is 4.98 Å². The summed E-state index contributed by atoms with van der Waals surface area (Å²) in [5.41, 5.74) is 3.04. The van der Waals surface area contributed by atoms with Gasteiger partial charge in [0.25, 0.3) is 0 Å². The van der Waals surface area contributed by atoms with E-state index in [9.17, 15) is 0 Å². The van der Waals surface area contributed by atoms with Crippen molar-refractivity contribution in [3.8, 4) is 0 Å². The second kappa shape index (κ2) is 6.02. The highest BCUT2D eigenvalue weighted by Crippen LogP contribution is 2.23. The van der Waals surface area contributed by atoms with Crippen molar-refractivity contribution in [1.82, 2.24) is 9.97 Å². The van der Waals surface area contributed by atoms with Gasteiger partial charge >= 0.3 is 0 Å². The summed E-state index contributed by atoms with van der Waals surface area (Å²) in [5, 5.41) is 6.63. The van der Waals surface area contributed by atoms with Crippen LogP contribution in [0.4, 0.5) is 17.5 Å². The third kappa shape index (κ3) is 4.70. The molecule has 1 aromatic carbocycles. The van der Waals surface area contributed by atoms with E-state index in [4.69, 9.17) is 0 Å². The Bertz CT molecular complexity index is 647. The monoisotopic (exact) mass is 348 g/mol. The largest absolute Gasteiger partial charge is 0.350 e. The molecule has 0 unspecified atom stereocenters. The van der Waals surface area contributed by atoms with Crippen molar-refractivity contribution < 1.29 is 0 Å². The highest BCUT2D eigenvalue weighted by atomic mass is 79.9. The summed E-state index contributed by atoms with van der Waals surface area (Å²) in [6.45, 7) is 10.3. The molecule has 1 aromatic heterocycles. The Morgan fingerprint density at radius 2 is 1.76 bits per heavy atom. The van der Waals surface area contributed by atoms with Crippen molar-refractivity contribution in [2.24, 2.45) is 0 Å². The number of nitrogens with one attached hydrogen (secondary N) is 2. The van der Waals surface area contributed by atoms with Gasteiger partial charge in [0.15, 0.2) is 0 Å². The fraction of sp³-hybridized carbons (Fsp3) is 0.375. The number of halogens is 1. The van der Waals surface area contributed by atoms with Crippen LogP contribution in [0.5, 0.6) is 0 Å².